The fraction of sp³-hybridized carbons (Fsp3) is 0.222. The molecule has 0 atom stereocenters. The van der Waals surface area contributed by atoms with Crippen LogP contribution in [0.25, 0.3) is 10.2 Å². The van der Waals surface area contributed by atoms with E-state index in [4.69, 9.17) is 18.0 Å². The first-order valence-electron chi connectivity index (χ1n) is 7.40. The zero-order chi connectivity index (χ0) is 17.3. The first-order chi connectivity index (χ1) is 11.5. The van der Waals surface area contributed by atoms with Crippen LogP contribution in [0, 0.1) is 12.3 Å². The van der Waals surface area contributed by atoms with E-state index in [1.165, 1.54) is 28.2 Å². The smallest absolute Gasteiger partial charge is 0.289 e. The van der Waals surface area contributed by atoms with E-state index in [0.29, 0.717) is 26.5 Å². The van der Waals surface area contributed by atoms with Crippen molar-refractivity contribution in [1.82, 2.24) is 4.57 Å². The van der Waals surface area contributed by atoms with Gasteiger partial charge in [0.05, 0.1) is 26.0 Å². The summed E-state index contributed by atoms with van der Waals surface area (Å²) in [5.41, 5.74) is 2.25. The number of hydrogen-bond donors (Lipinski definition) is 0. The van der Waals surface area contributed by atoms with Crippen molar-refractivity contribution in [2.75, 3.05) is 0 Å². The summed E-state index contributed by atoms with van der Waals surface area (Å²) in [6.45, 7) is 4.68. The summed E-state index contributed by atoms with van der Waals surface area (Å²) >= 11 is 8.60. The molecule has 6 heteroatoms. The molecule has 0 saturated carbocycles. The van der Waals surface area contributed by atoms with E-state index >= 15 is 0 Å². The molecule has 1 amide bonds. The lowest BCUT2D eigenvalue weighted by atomic mass is 10.0. The number of carbonyl (C=O) groups is 1. The maximum atomic E-state index is 12.4. The Morgan fingerprint density at radius 3 is 2.75 bits per heavy atom. The summed E-state index contributed by atoms with van der Waals surface area (Å²) in [4.78, 5) is 17.8. The number of nitrogens with zero attached hydrogens (tertiary/aromatic N) is 2. The lowest BCUT2D eigenvalue weighted by Gasteiger charge is -2.05. The summed E-state index contributed by atoms with van der Waals surface area (Å²) in [5, 5.41) is 0. The lowest BCUT2D eigenvalue weighted by molar-refractivity contribution is 0.100. The van der Waals surface area contributed by atoms with E-state index in [9.17, 15) is 4.79 Å². The van der Waals surface area contributed by atoms with Gasteiger partial charge in [-0.05, 0) is 35.7 Å². The molecule has 3 nitrogen and oxygen atoms in total. The lowest BCUT2D eigenvalue weighted by Crippen LogP contribution is -2.16. The van der Waals surface area contributed by atoms with Gasteiger partial charge in [0.25, 0.3) is 5.91 Å². The van der Waals surface area contributed by atoms with Gasteiger partial charge in [0.1, 0.15) is 0 Å². The number of thiazole rings is 1. The molecule has 3 aromatic rings. The molecule has 2 heterocycles. The van der Waals surface area contributed by atoms with Gasteiger partial charge in [0, 0.05) is 0 Å². The van der Waals surface area contributed by atoms with Crippen molar-refractivity contribution in [3.05, 3.63) is 49.9 Å². The van der Waals surface area contributed by atoms with Crippen molar-refractivity contribution in [2.45, 2.75) is 26.3 Å². The maximum Gasteiger partial charge on any atom is 0.289 e. The van der Waals surface area contributed by atoms with Gasteiger partial charge in [0.2, 0.25) is 0 Å². The standard InChI is InChI=1S/C18H15ClN2OS2/c1-4-9-21-13-6-5-12(11(2)3)10-15(13)24-18(21)20-17(22)14-7-8-16(19)23-14/h1,5-8,10-11H,9H2,2-3H3. The maximum absolute atomic E-state index is 12.4. The number of halogens is 1. The fourth-order valence-electron chi connectivity index (χ4n) is 2.35. The average molecular weight is 375 g/mol. The Labute approximate surface area is 153 Å². The van der Waals surface area contributed by atoms with Crippen molar-refractivity contribution in [1.29, 1.82) is 0 Å². The van der Waals surface area contributed by atoms with E-state index in [0.717, 1.165) is 10.2 Å². The predicted molar refractivity (Wildman–Crippen MR) is 102 cm³/mol. The van der Waals surface area contributed by atoms with Gasteiger partial charge < -0.3 is 4.57 Å². The van der Waals surface area contributed by atoms with Gasteiger partial charge in [0.15, 0.2) is 4.80 Å². The Balaban J connectivity index is 2.15. The number of fused-ring (bicyclic) bond motifs is 1. The minimum Gasteiger partial charge on any atom is -0.305 e. The Kier molecular flexibility index (Phi) is 4.91. The number of aromatic nitrogens is 1. The first kappa shape index (κ1) is 17.0. The van der Waals surface area contributed by atoms with Crippen LogP contribution in [-0.4, -0.2) is 10.5 Å². The molecule has 0 N–H and O–H groups in total. The second kappa shape index (κ2) is 6.94. The summed E-state index contributed by atoms with van der Waals surface area (Å²) in [7, 11) is 0. The highest BCUT2D eigenvalue weighted by atomic mass is 35.5. The summed E-state index contributed by atoms with van der Waals surface area (Å²) in [6, 6.07) is 9.67. The van der Waals surface area contributed by atoms with Gasteiger partial charge in [-0.15, -0.1) is 17.8 Å². The molecule has 0 fully saturated rings. The SMILES string of the molecule is C#CCn1c(=NC(=O)c2ccc(Cl)s2)sc2cc(C(C)C)ccc21. The summed E-state index contributed by atoms with van der Waals surface area (Å²) in [5.74, 6) is 2.78. The quantitative estimate of drug-likeness (QED) is 0.599. The first-order valence-corrected chi connectivity index (χ1v) is 9.42. The largest absolute Gasteiger partial charge is 0.305 e. The molecular formula is C18H15ClN2OS2. The number of carbonyl (C=O) groups excluding carboxylic acids is 1. The van der Waals surface area contributed by atoms with Crippen molar-refractivity contribution < 1.29 is 4.79 Å². The van der Waals surface area contributed by atoms with Crippen LogP contribution in [0.5, 0.6) is 0 Å². The molecule has 122 valence electrons. The topological polar surface area (TPSA) is 34.4 Å². The molecule has 0 saturated heterocycles. The molecule has 0 radical (unpaired) electrons. The molecule has 3 rings (SSSR count). The van der Waals surface area contributed by atoms with E-state index in [1.807, 2.05) is 10.6 Å². The number of benzene rings is 1. The summed E-state index contributed by atoms with van der Waals surface area (Å²) in [6.07, 6.45) is 5.49. The normalized spacial score (nSPS) is 12.0. The van der Waals surface area contributed by atoms with Gasteiger partial charge in [-0.3, -0.25) is 4.79 Å². The van der Waals surface area contributed by atoms with Crippen molar-refractivity contribution in [2.24, 2.45) is 4.99 Å². The molecular weight excluding hydrogens is 360 g/mol. The third kappa shape index (κ3) is 3.32. The average Bonchev–Trinajstić information content (AvgIpc) is 3.11. The summed E-state index contributed by atoms with van der Waals surface area (Å²) < 4.78 is 3.55. The minimum absolute atomic E-state index is 0.298. The van der Waals surface area contributed by atoms with Crippen molar-refractivity contribution in [3.8, 4) is 12.3 Å². The fourth-order valence-corrected chi connectivity index (χ4v) is 4.35. The van der Waals surface area contributed by atoms with Crippen LogP contribution in [0.2, 0.25) is 4.34 Å². The molecule has 1 aromatic carbocycles. The molecule has 24 heavy (non-hydrogen) atoms. The van der Waals surface area contributed by atoms with Crippen molar-refractivity contribution in [3.63, 3.8) is 0 Å². The van der Waals surface area contributed by atoms with Gasteiger partial charge in [-0.1, -0.05) is 48.8 Å². The molecule has 0 bridgehead atoms. The zero-order valence-electron chi connectivity index (χ0n) is 13.2. The molecule has 0 spiro atoms. The second-order valence-corrected chi connectivity index (χ2v) is 8.30. The number of terminal acetylenes is 1. The minimum atomic E-state index is -0.298. The molecule has 0 unspecified atom stereocenters. The van der Waals surface area contributed by atoms with E-state index in [2.05, 4.69) is 36.9 Å². The molecule has 2 aromatic heterocycles. The third-order valence-corrected chi connectivity index (χ3v) is 5.86. The van der Waals surface area contributed by atoms with Crippen LogP contribution in [0.1, 0.15) is 35.0 Å². The Morgan fingerprint density at radius 2 is 2.12 bits per heavy atom. The highest BCUT2D eigenvalue weighted by Crippen LogP contribution is 2.24. The third-order valence-electron chi connectivity index (χ3n) is 3.60. The highest BCUT2D eigenvalue weighted by molar-refractivity contribution is 7.18. The number of hydrogen-bond acceptors (Lipinski definition) is 3. The van der Waals surface area contributed by atoms with Crippen LogP contribution in [0.3, 0.4) is 0 Å². The van der Waals surface area contributed by atoms with Gasteiger partial charge >= 0.3 is 0 Å². The van der Waals surface area contributed by atoms with E-state index in [1.54, 1.807) is 12.1 Å². The zero-order valence-corrected chi connectivity index (χ0v) is 15.6. The van der Waals surface area contributed by atoms with Crippen LogP contribution >= 0.6 is 34.3 Å². The van der Waals surface area contributed by atoms with E-state index < -0.39 is 0 Å². The predicted octanol–water partition coefficient (Wildman–Crippen LogP) is 4.92. The van der Waals surface area contributed by atoms with Crippen LogP contribution in [0.15, 0.2) is 35.3 Å². The highest BCUT2D eigenvalue weighted by Gasteiger charge is 2.11. The monoisotopic (exact) mass is 374 g/mol. The second-order valence-electron chi connectivity index (χ2n) is 5.58. The molecule has 0 aliphatic rings. The number of thiophene rings is 1. The molecule has 0 aliphatic carbocycles. The van der Waals surface area contributed by atoms with E-state index in [-0.39, 0.29) is 5.91 Å². The Hall–Kier alpha value is -1.87. The van der Waals surface area contributed by atoms with Crippen LogP contribution < -0.4 is 4.80 Å². The van der Waals surface area contributed by atoms with Crippen molar-refractivity contribution >= 4 is 50.4 Å². The van der Waals surface area contributed by atoms with Crippen LogP contribution in [-0.2, 0) is 6.54 Å². The van der Waals surface area contributed by atoms with Gasteiger partial charge in [-0.25, -0.2) is 0 Å². The Morgan fingerprint density at radius 1 is 1.33 bits per heavy atom. The number of amides is 1. The number of rotatable bonds is 3. The van der Waals surface area contributed by atoms with Crippen LogP contribution in [0.4, 0.5) is 0 Å². The van der Waals surface area contributed by atoms with Gasteiger partial charge in [-0.2, -0.15) is 4.99 Å². The Bertz CT molecular complexity index is 1020. The molecule has 0 aliphatic heterocycles.